The van der Waals surface area contributed by atoms with Gasteiger partial charge in [-0.05, 0) is 37.8 Å². The van der Waals surface area contributed by atoms with Gasteiger partial charge in [0.25, 0.3) is 10.0 Å². The van der Waals surface area contributed by atoms with E-state index in [2.05, 4.69) is 9.71 Å². The molecule has 2 heterocycles. The van der Waals surface area contributed by atoms with Crippen LogP contribution >= 0.6 is 0 Å². The number of rotatable bonds is 5. The van der Waals surface area contributed by atoms with Gasteiger partial charge >= 0.3 is 5.97 Å². The molecule has 0 bridgehead atoms. The maximum absolute atomic E-state index is 13.1. The summed E-state index contributed by atoms with van der Waals surface area (Å²) in [5, 5.41) is 0. The fourth-order valence-corrected chi connectivity index (χ4v) is 4.88. The molecule has 1 aromatic carbocycles. The van der Waals surface area contributed by atoms with Gasteiger partial charge in [0.1, 0.15) is 11.9 Å². The molecule has 1 aromatic rings. The van der Waals surface area contributed by atoms with Gasteiger partial charge < -0.3 is 9.64 Å². The Hall–Kier alpha value is -2.42. The molecular formula is C20H27N3O5S. The lowest BCUT2D eigenvalue weighted by atomic mass is 9.95. The summed E-state index contributed by atoms with van der Waals surface area (Å²) in [5.74, 6) is -0.462. The molecule has 8 nitrogen and oxygen atoms in total. The number of sulfonamides is 1. The fourth-order valence-electron chi connectivity index (χ4n) is 3.64. The van der Waals surface area contributed by atoms with Crippen molar-refractivity contribution in [2.24, 2.45) is 16.8 Å². The van der Waals surface area contributed by atoms with Crippen molar-refractivity contribution in [3.63, 3.8) is 0 Å². The third-order valence-corrected chi connectivity index (χ3v) is 6.64. The summed E-state index contributed by atoms with van der Waals surface area (Å²) in [6, 6.07) is 5.88. The molecule has 1 N–H and O–H groups in total. The van der Waals surface area contributed by atoms with Gasteiger partial charge in [0.05, 0.1) is 17.4 Å². The van der Waals surface area contributed by atoms with Crippen molar-refractivity contribution in [2.75, 3.05) is 19.7 Å². The highest BCUT2D eigenvalue weighted by Crippen LogP contribution is 2.25. The second-order valence-corrected chi connectivity index (χ2v) is 9.27. The second kappa shape index (κ2) is 8.52. The van der Waals surface area contributed by atoms with E-state index in [-0.39, 0.29) is 34.4 Å². The third kappa shape index (κ3) is 4.44. The molecule has 0 spiro atoms. The van der Waals surface area contributed by atoms with Gasteiger partial charge in [-0.3, -0.25) is 19.3 Å². The number of piperidine rings is 1. The van der Waals surface area contributed by atoms with Crippen LogP contribution in [0, 0.1) is 11.8 Å². The lowest BCUT2D eigenvalue weighted by molar-refractivity contribution is -0.151. The highest BCUT2D eigenvalue weighted by molar-refractivity contribution is 7.90. The van der Waals surface area contributed by atoms with E-state index < -0.39 is 16.1 Å². The topological polar surface area (TPSA) is 105 Å². The number of hydrogen-bond donors (Lipinski definition) is 1. The number of aliphatic imine (C=N–C) groups is 1. The molecule has 2 aliphatic rings. The molecule has 0 saturated carbocycles. The minimum absolute atomic E-state index is 0.116. The normalized spacial score (nSPS) is 21.0. The largest absolute Gasteiger partial charge is 0.466 e. The van der Waals surface area contributed by atoms with Crippen LogP contribution in [0.5, 0.6) is 0 Å². The number of amides is 1. The maximum Gasteiger partial charge on any atom is 0.309 e. The number of ether oxygens (including phenoxy) is 1. The number of carbonyl (C=O) groups excluding carboxylic acids is 2. The number of nitrogens with one attached hydrogen (secondary N) is 1. The Morgan fingerprint density at radius 3 is 2.52 bits per heavy atom. The summed E-state index contributed by atoms with van der Waals surface area (Å²) in [6.45, 7) is 6.80. The van der Waals surface area contributed by atoms with Crippen molar-refractivity contribution in [1.29, 1.82) is 0 Å². The molecular weight excluding hydrogens is 394 g/mol. The van der Waals surface area contributed by atoms with Crippen LogP contribution in [0.15, 0.2) is 34.2 Å². The minimum atomic E-state index is -3.66. The Morgan fingerprint density at radius 1 is 1.24 bits per heavy atom. The molecule has 0 aliphatic carbocycles. The predicted octanol–water partition coefficient (Wildman–Crippen LogP) is 1.55. The Morgan fingerprint density at radius 2 is 1.90 bits per heavy atom. The highest BCUT2D eigenvalue weighted by Gasteiger charge is 2.35. The Kier molecular flexibility index (Phi) is 6.26. The van der Waals surface area contributed by atoms with E-state index in [0.717, 1.165) is 0 Å². The molecule has 1 atom stereocenters. The van der Waals surface area contributed by atoms with Crippen LogP contribution in [0.25, 0.3) is 0 Å². The number of nitrogens with zero attached hydrogens (tertiary/aromatic N) is 2. The van der Waals surface area contributed by atoms with Crippen LogP contribution in [0.4, 0.5) is 0 Å². The minimum Gasteiger partial charge on any atom is -0.466 e. The zero-order valence-corrected chi connectivity index (χ0v) is 17.7. The monoisotopic (exact) mass is 421 g/mol. The van der Waals surface area contributed by atoms with Gasteiger partial charge in [0.15, 0.2) is 0 Å². The summed E-state index contributed by atoms with van der Waals surface area (Å²) in [5.41, 5.74) is 0.479. The van der Waals surface area contributed by atoms with Crippen LogP contribution in [0.1, 0.15) is 39.2 Å². The summed E-state index contributed by atoms with van der Waals surface area (Å²) in [7, 11) is -3.66. The molecule has 158 valence electrons. The molecule has 1 saturated heterocycles. The third-order valence-electron chi connectivity index (χ3n) is 5.24. The van der Waals surface area contributed by atoms with E-state index in [9.17, 15) is 18.0 Å². The van der Waals surface area contributed by atoms with Crippen molar-refractivity contribution in [2.45, 2.75) is 44.6 Å². The smallest absolute Gasteiger partial charge is 0.309 e. The average molecular weight is 422 g/mol. The average Bonchev–Trinajstić information content (AvgIpc) is 2.96. The Labute approximate surface area is 171 Å². The van der Waals surface area contributed by atoms with Gasteiger partial charge in [-0.25, -0.2) is 8.42 Å². The number of hydrogen-bond acceptors (Lipinski definition) is 6. The van der Waals surface area contributed by atoms with Crippen LogP contribution in [-0.4, -0.2) is 56.8 Å². The van der Waals surface area contributed by atoms with Crippen molar-refractivity contribution < 1.29 is 22.7 Å². The number of amidine groups is 1. The van der Waals surface area contributed by atoms with E-state index in [1.54, 1.807) is 30.0 Å². The summed E-state index contributed by atoms with van der Waals surface area (Å²) in [6.07, 6.45) is 1.11. The quantitative estimate of drug-likeness (QED) is 0.727. The van der Waals surface area contributed by atoms with Crippen LogP contribution in [-0.2, 0) is 24.3 Å². The van der Waals surface area contributed by atoms with Gasteiger partial charge in [-0.2, -0.15) is 0 Å². The first kappa shape index (κ1) is 21.3. The van der Waals surface area contributed by atoms with Crippen molar-refractivity contribution in [3.8, 4) is 0 Å². The zero-order valence-electron chi connectivity index (χ0n) is 16.9. The molecule has 2 aliphatic heterocycles. The standard InChI is InChI=1S/C20H27N3O5S/c1-4-28-20(25)14-9-11-23(12-10-14)19(24)17(13(2)3)21-18-15-7-5-6-8-16(15)29(26,27)22-18/h5-8,13-14,17H,4,9-12H2,1-3H3,(H,21,22)/t17-/m0/s1. The first-order chi connectivity index (χ1) is 13.7. The zero-order chi connectivity index (χ0) is 21.2. The SMILES string of the molecule is CCOC(=O)C1CCN(C(=O)[C@@H](N=C2NS(=O)(=O)c3ccccc32)C(C)C)CC1. The lowest BCUT2D eigenvalue weighted by Gasteiger charge is -2.33. The molecule has 0 aromatic heterocycles. The van der Waals surface area contributed by atoms with E-state index in [0.29, 0.717) is 38.1 Å². The van der Waals surface area contributed by atoms with Crippen LogP contribution < -0.4 is 4.72 Å². The first-order valence-electron chi connectivity index (χ1n) is 9.90. The predicted molar refractivity (Wildman–Crippen MR) is 108 cm³/mol. The molecule has 1 amide bonds. The van der Waals surface area contributed by atoms with E-state index >= 15 is 0 Å². The van der Waals surface area contributed by atoms with Gasteiger partial charge in [0.2, 0.25) is 5.91 Å². The number of fused-ring (bicyclic) bond motifs is 1. The fraction of sp³-hybridized carbons (Fsp3) is 0.550. The summed E-state index contributed by atoms with van der Waals surface area (Å²) < 4.78 is 32.2. The lowest BCUT2D eigenvalue weighted by Crippen LogP contribution is -2.46. The molecule has 9 heteroatoms. The molecule has 0 radical (unpaired) electrons. The second-order valence-electron chi connectivity index (χ2n) is 7.62. The summed E-state index contributed by atoms with van der Waals surface area (Å²) >= 11 is 0. The van der Waals surface area contributed by atoms with Crippen molar-refractivity contribution in [3.05, 3.63) is 29.8 Å². The Bertz CT molecular complexity index is 918. The summed E-state index contributed by atoms with van der Waals surface area (Å²) in [4.78, 5) is 31.4. The van der Waals surface area contributed by atoms with Crippen molar-refractivity contribution >= 4 is 27.7 Å². The van der Waals surface area contributed by atoms with Crippen molar-refractivity contribution in [1.82, 2.24) is 9.62 Å². The van der Waals surface area contributed by atoms with Gasteiger partial charge in [0, 0.05) is 18.7 Å². The Balaban J connectivity index is 1.77. The molecule has 29 heavy (non-hydrogen) atoms. The van der Waals surface area contributed by atoms with Crippen LogP contribution in [0.3, 0.4) is 0 Å². The number of likely N-dealkylation sites (tertiary alicyclic amines) is 1. The van der Waals surface area contributed by atoms with Crippen LogP contribution in [0.2, 0.25) is 0 Å². The van der Waals surface area contributed by atoms with E-state index in [4.69, 9.17) is 4.74 Å². The number of esters is 1. The van der Waals surface area contributed by atoms with Gasteiger partial charge in [-0.1, -0.05) is 26.0 Å². The first-order valence-corrected chi connectivity index (χ1v) is 11.4. The number of benzene rings is 1. The maximum atomic E-state index is 13.1. The van der Waals surface area contributed by atoms with E-state index in [1.165, 1.54) is 6.07 Å². The molecule has 0 unspecified atom stereocenters. The number of carbonyl (C=O) groups is 2. The highest BCUT2D eigenvalue weighted by atomic mass is 32.2. The molecule has 1 fully saturated rings. The van der Waals surface area contributed by atoms with Gasteiger partial charge in [-0.15, -0.1) is 0 Å². The van der Waals surface area contributed by atoms with E-state index in [1.807, 2.05) is 13.8 Å². The molecule has 3 rings (SSSR count).